The van der Waals surface area contributed by atoms with Crippen molar-refractivity contribution < 1.29 is 4.79 Å². The van der Waals surface area contributed by atoms with Crippen molar-refractivity contribution in [1.82, 2.24) is 0 Å². The lowest BCUT2D eigenvalue weighted by molar-refractivity contribution is 0.103. The molecule has 0 fully saturated rings. The van der Waals surface area contributed by atoms with Crippen LogP contribution in [0.3, 0.4) is 0 Å². The van der Waals surface area contributed by atoms with Gasteiger partial charge < -0.3 is 4.90 Å². The Morgan fingerprint density at radius 1 is 0.895 bits per heavy atom. The summed E-state index contributed by atoms with van der Waals surface area (Å²) in [4.78, 5) is 14.5. The molecule has 0 aliphatic heterocycles. The highest BCUT2D eigenvalue weighted by Crippen LogP contribution is 2.18. The monoisotopic (exact) mass is 253 g/mol. The molecule has 0 saturated heterocycles. The Morgan fingerprint density at radius 2 is 1.58 bits per heavy atom. The van der Waals surface area contributed by atoms with Gasteiger partial charge in [-0.1, -0.05) is 24.3 Å². The number of ketones is 1. The highest BCUT2D eigenvalue weighted by molar-refractivity contribution is 6.09. The van der Waals surface area contributed by atoms with E-state index in [1.165, 1.54) is 5.56 Å². The minimum atomic E-state index is 0.0757. The Morgan fingerprint density at radius 3 is 2.21 bits per heavy atom. The molecule has 0 unspecified atom stereocenters. The molecule has 0 atom stereocenters. The van der Waals surface area contributed by atoms with Crippen LogP contribution in [0.1, 0.15) is 27.0 Å². The molecule has 0 aliphatic carbocycles. The summed E-state index contributed by atoms with van der Waals surface area (Å²) in [6.07, 6.45) is 0. The number of benzene rings is 2. The van der Waals surface area contributed by atoms with E-state index in [9.17, 15) is 4.79 Å². The molecule has 2 heteroatoms. The minimum absolute atomic E-state index is 0.0757. The van der Waals surface area contributed by atoms with Crippen LogP contribution in [0, 0.1) is 13.8 Å². The van der Waals surface area contributed by atoms with Gasteiger partial charge >= 0.3 is 0 Å². The molecule has 2 rings (SSSR count). The standard InChI is InChI=1S/C17H19NO/c1-12-8-9-15(10-13(12)2)17(19)14-6-5-7-16(11-14)18(3)4/h5-11H,1-4H3. The first kappa shape index (κ1) is 13.3. The van der Waals surface area contributed by atoms with E-state index in [1.54, 1.807) is 0 Å². The molecular formula is C17H19NO. The molecule has 0 saturated carbocycles. The second-order valence-electron chi connectivity index (χ2n) is 5.07. The van der Waals surface area contributed by atoms with Gasteiger partial charge in [-0.05, 0) is 43.2 Å². The number of carbonyl (C=O) groups is 1. The molecule has 0 aromatic heterocycles. The van der Waals surface area contributed by atoms with E-state index in [-0.39, 0.29) is 5.78 Å². The zero-order chi connectivity index (χ0) is 14.0. The second kappa shape index (κ2) is 5.27. The quantitative estimate of drug-likeness (QED) is 0.779. The van der Waals surface area contributed by atoms with Crippen molar-refractivity contribution in [3.63, 3.8) is 0 Å². The molecule has 0 bridgehead atoms. The molecule has 0 N–H and O–H groups in total. The van der Waals surface area contributed by atoms with Gasteiger partial charge in [0.05, 0.1) is 0 Å². The third kappa shape index (κ3) is 2.84. The van der Waals surface area contributed by atoms with E-state index >= 15 is 0 Å². The third-order valence-corrected chi connectivity index (χ3v) is 3.39. The summed E-state index contributed by atoms with van der Waals surface area (Å²) in [6, 6.07) is 13.6. The van der Waals surface area contributed by atoms with E-state index in [0.717, 1.165) is 22.4 Å². The topological polar surface area (TPSA) is 20.3 Å². The smallest absolute Gasteiger partial charge is 0.193 e. The van der Waals surface area contributed by atoms with Gasteiger partial charge in [0, 0.05) is 30.9 Å². The fourth-order valence-electron chi connectivity index (χ4n) is 1.97. The van der Waals surface area contributed by atoms with Gasteiger partial charge in [0.2, 0.25) is 0 Å². The number of hydrogen-bond donors (Lipinski definition) is 0. The summed E-state index contributed by atoms with van der Waals surface area (Å²) in [6.45, 7) is 4.08. The Kier molecular flexibility index (Phi) is 3.70. The van der Waals surface area contributed by atoms with Crippen LogP contribution >= 0.6 is 0 Å². The average Bonchev–Trinajstić information content (AvgIpc) is 2.41. The summed E-state index contributed by atoms with van der Waals surface area (Å²) in [5.74, 6) is 0.0757. The Balaban J connectivity index is 2.38. The maximum absolute atomic E-state index is 12.5. The predicted molar refractivity (Wildman–Crippen MR) is 80.1 cm³/mol. The molecular weight excluding hydrogens is 234 g/mol. The van der Waals surface area contributed by atoms with E-state index < -0.39 is 0 Å². The normalized spacial score (nSPS) is 10.3. The van der Waals surface area contributed by atoms with Crippen LogP contribution in [0.4, 0.5) is 5.69 Å². The molecule has 0 spiro atoms. The molecule has 98 valence electrons. The van der Waals surface area contributed by atoms with Crippen LogP contribution < -0.4 is 4.90 Å². The van der Waals surface area contributed by atoms with Crippen molar-refractivity contribution in [3.05, 3.63) is 64.7 Å². The largest absolute Gasteiger partial charge is 0.378 e. The van der Waals surface area contributed by atoms with Gasteiger partial charge in [-0.2, -0.15) is 0 Å². The van der Waals surface area contributed by atoms with Crippen molar-refractivity contribution in [1.29, 1.82) is 0 Å². The van der Waals surface area contributed by atoms with E-state index in [4.69, 9.17) is 0 Å². The fourth-order valence-corrected chi connectivity index (χ4v) is 1.97. The van der Waals surface area contributed by atoms with Crippen LogP contribution in [0.25, 0.3) is 0 Å². The molecule has 19 heavy (non-hydrogen) atoms. The average molecular weight is 253 g/mol. The predicted octanol–water partition coefficient (Wildman–Crippen LogP) is 3.60. The van der Waals surface area contributed by atoms with Crippen LogP contribution in [0.15, 0.2) is 42.5 Å². The number of aryl methyl sites for hydroxylation is 2. The molecule has 2 aromatic rings. The fraction of sp³-hybridized carbons (Fsp3) is 0.235. The zero-order valence-electron chi connectivity index (χ0n) is 11.9. The molecule has 0 amide bonds. The number of nitrogens with zero attached hydrogens (tertiary/aromatic N) is 1. The van der Waals surface area contributed by atoms with Crippen LogP contribution in [0.5, 0.6) is 0 Å². The highest BCUT2D eigenvalue weighted by atomic mass is 16.1. The lowest BCUT2D eigenvalue weighted by atomic mass is 9.99. The van der Waals surface area contributed by atoms with Crippen molar-refractivity contribution >= 4 is 11.5 Å². The minimum Gasteiger partial charge on any atom is -0.378 e. The first-order chi connectivity index (χ1) is 8.99. The Bertz CT molecular complexity index is 614. The summed E-state index contributed by atoms with van der Waals surface area (Å²) in [5, 5.41) is 0. The summed E-state index contributed by atoms with van der Waals surface area (Å²) in [5.41, 5.74) is 4.87. The molecule has 0 heterocycles. The number of rotatable bonds is 3. The number of carbonyl (C=O) groups excluding carboxylic acids is 1. The summed E-state index contributed by atoms with van der Waals surface area (Å²) < 4.78 is 0. The van der Waals surface area contributed by atoms with Crippen LogP contribution in [-0.4, -0.2) is 19.9 Å². The summed E-state index contributed by atoms with van der Waals surface area (Å²) in [7, 11) is 3.94. The van der Waals surface area contributed by atoms with Crippen LogP contribution in [0.2, 0.25) is 0 Å². The number of hydrogen-bond acceptors (Lipinski definition) is 2. The van der Waals surface area contributed by atoms with E-state index in [2.05, 4.69) is 6.92 Å². The molecule has 0 radical (unpaired) electrons. The van der Waals surface area contributed by atoms with Crippen molar-refractivity contribution in [2.45, 2.75) is 13.8 Å². The van der Waals surface area contributed by atoms with Gasteiger partial charge in [-0.25, -0.2) is 0 Å². The van der Waals surface area contributed by atoms with Crippen molar-refractivity contribution in [2.24, 2.45) is 0 Å². The maximum Gasteiger partial charge on any atom is 0.193 e. The lowest BCUT2D eigenvalue weighted by Gasteiger charge is -2.13. The van der Waals surface area contributed by atoms with Gasteiger partial charge in [0.1, 0.15) is 0 Å². The van der Waals surface area contributed by atoms with E-state index in [0.29, 0.717) is 0 Å². The lowest BCUT2D eigenvalue weighted by Crippen LogP contribution is -2.10. The van der Waals surface area contributed by atoms with Gasteiger partial charge in [-0.3, -0.25) is 4.79 Å². The van der Waals surface area contributed by atoms with Gasteiger partial charge in [0.15, 0.2) is 5.78 Å². The maximum atomic E-state index is 12.5. The number of anilines is 1. The van der Waals surface area contributed by atoms with Crippen LogP contribution in [-0.2, 0) is 0 Å². The van der Waals surface area contributed by atoms with Crippen molar-refractivity contribution in [2.75, 3.05) is 19.0 Å². The second-order valence-corrected chi connectivity index (χ2v) is 5.07. The Labute approximate surface area is 114 Å². The first-order valence-corrected chi connectivity index (χ1v) is 6.38. The molecule has 2 aromatic carbocycles. The highest BCUT2D eigenvalue weighted by Gasteiger charge is 2.10. The zero-order valence-corrected chi connectivity index (χ0v) is 11.9. The van der Waals surface area contributed by atoms with E-state index in [1.807, 2.05) is 68.4 Å². The van der Waals surface area contributed by atoms with Gasteiger partial charge in [-0.15, -0.1) is 0 Å². The summed E-state index contributed by atoms with van der Waals surface area (Å²) >= 11 is 0. The third-order valence-electron chi connectivity index (χ3n) is 3.39. The SMILES string of the molecule is Cc1ccc(C(=O)c2cccc(N(C)C)c2)cc1C. The Hall–Kier alpha value is -2.09. The molecule has 2 nitrogen and oxygen atoms in total. The first-order valence-electron chi connectivity index (χ1n) is 6.38. The molecule has 0 aliphatic rings. The van der Waals surface area contributed by atoms with Crippen molar-refractivity contribution in [3.8, 4) is 0 Å². The van der Waals surface area contributed by atoms with Gasteiger partial charge in [0.25, 0.3) is 0 Å².